The summed E-state index contributed by atoms with van der Waals surface area (Å²) in [5.41, 5.74) is 1.34. The molecule has 1 heterocycles. The number of benzene rings is 2. The fourth-order valence-electron chi connectivity index (χ4n) is 3.78. The van der Waals surface area contributed by atoms with E-state index in [2.05, 4.69) is 31.1 Å². The first-order chi connectivity index (χ1) is 19.3. The molecule has 3 rings (SSSR count). The third-order valence-corrected chi connectivity index (χ3v) is 7.15. The number of carbonyl (C=O) groups is 2. The van der Waals surface area contributed by atoms with Gasteiger partial charge in [-0.25, -0.2) is 14.2 Å². The second-order valence-electron chi connectivity index (χ2n) is 10.2. The van der Waals surface area contributed by atoms with Crippen LogP contribution in [-0.4, -0.2) is 49.4 Å². The first-order valence-corrected chi connectivity index (χ1v) is 14.1. The Morgan fingerprint density at radius 3 is 2.46 bits per heavy atom. The van der Waals surface area contributed by atoms with Gasteiger partial charge in [0.05, 0.1) is 35.6 Å². The lowest BCUT2D eigenvalue weighted by Crippen LogP contribution is -2.16. The molecule has 2 aromatic carbocycles. The zero-order valence-electron chi connectivity index (χ0n) is 23.2. The van der Waals surface area contributed by atoms with Gasteiger partial charge < -0.3 is 19.3 Å². The van der Waals surface area contributed by atoms with Gasteiger partial charge in [0, 0.05) is 47.8 Å². The largest absolute Gasteiger partial charge is 0.490 e. The quantitative estimate of drug-likeness (QED) is 0.121. The second-order valence-corrected chi connectivity index (χ2v) is 11.9. The normalized spacial score (nSPS) is 12.7. The van der Waals surface area contributed by atoms with E-state index in [1.807, 2.05) is 0 Å². The van der Waals surface area contributed by atoms with Crippen LogP contribution in [0.5, 0.6) is 0 Å². The topological polar surface area (TPSA) is 107 Å². The summed E-state index contributed by atoms with van der Waals surface area (Å²) in [5.74, 6) is -2.69. The van der Waals surface area contributed by atoms with E-state index in [-0.39, 0.29) is 43.0 Å². The number of thiazole rings is 1. The summed E-state index contributed by atoms with van der Waals surface area (Å²) in [6.45, 7) is 7.24. The first kappa shape index (κ1) is 32.5. The standard InChI is InChI=1S/C29H31Cl2FN2O6S/c1-29(2,3)15-40-10-9-23(38-4)18-8-6-7-17(25(18)32)22-14-41-28(33-22)34-26(35)16-11-20(30)19(21(31)12-16)13-24(39-5)27(36)37/h6-8,11-14,23H,9-10,15H2,1-5H3,(H,36,37)(H,33,34,35). The summed E-state index contributed by atoms with van der Waals surface area (Å²) in [5, 5.41) is 13.8. The van der Waals surface area contributed by atoms with E-state index in [1.54, 1.807) is 23.6 Å². The molecule has 12 heteroatoms. The van der Waals surface area contributed by atoms with Gasteiger partial charge in [-0.2, -0.15) is 0 Å². The smallest absolute Gasteiger partial charge is 0.371 e. The summed E-state index contributed by atoms with van der Waals surface area (Å²) in [7, 11) is 2.73. The number of methoxy groups -OCH3 is 2. The molecule has 1 aromatic heterocycles. The molecule has 2 N–H and O–H groups in total. The third-order valence-electron chi connectivity index (χ3n) is 5.77. The number of nitrogens with zero attached hydrogens (tertiary/aromatic N) is 1. The number of anilines is 1. The van der Waals surface area contributed by atoms with Gasteiger partial charge in [-0.05, 0) is 29.7 Å². The second kappa shape index (κ2) is 14.2. The summed E-state index contributed by atoms with van der Waals surface area (Å²) < 4.78 is 31.7. The number of rotatable bonds is 12. The van der Waals surface area contributed by atoms with Gasteiger partial charge in [0.25, 0.3) is 5.91 Å². The van der Waals surface area contributed by atoms with Gasteiger partial charge in [-0.1, -0.05) is 56.1 Å². The zero-order chi connectivity index (χ0) is 30.3. The number of aromatic nitrogens is 1. The van der Waals surface area contributed by atoms with Crippen LogP contribution in [0.2, 0.25) is 10.0 Å². The molecule has 1 atom stereocenters. The van der Waals surface area contributed by atoms with Crippen molar-refractivity contribution in [2.75, 3.05) is 32.8 Å². The van der Waals surface area contributed by atoms with Crippen molar-refractivity contribution < 1.29 is 33.3 Å². The van der Waals surface area contributed by atoms with E-state index in [1.165, 1.54) is 26.4 Å². The Hall–Kier alpha value is -3.02. The Labute approximate surface area is 252 Å². The van der Waals surface area contributed by atoms with Crippen molar-refractivity contribution >= 4 is 57.6 Å². The summed E-state index contributed by atoms with van der Waals surface area (Å²) in [6.07, 6.45) is 1.14. The molecule has 0 saturated heterocycles. The van der Waals surface area contributed by atoms with Gasteiger partial charge in [-0.15, -0.1) is 11.3 Å². The number of carbonyl (C=O) groups excluding carboxylic acids is 1. The molecule has 0 spiro atoms. The number of hydrogen-bond acceptors (Lipinski definition) is 7. The number of ether oxygens (including phenoxy) is 3. The fourth-order valence-corrected chi connectivity index (χ4v) is 5.08. The van der Waals surface area contributed by atoms with E-state index in [0.29, 0.717) is 30.9 Å². The van der Waals surface area contributed by atoms with Gasteiger partial charge in [-0.3, -0.25) is 10.1 Å². The molecule has 0 aliphatic carbocycles. The molecule has 41 heavy (non-hydrogen) atoms. The molecule has 220 valence electrons. The van der Waals surface area contributed by atoms with E-state index in [9.17, 15) is 9.59 Å². The van der Waals surface area contributed by atoms with E-state index < -0.39 is 23.8 Å². The highest BCUT2D eigenvalue weighted by atomic mass is 35.5. The molecule has 8 nitrogen and oxygen atoms in total. The third kappa shape index (κ3) is 8.73. The van der Waals surface area contributed by atoms with Crippen molar-refractivity contribution in [3.05, 3.63) is 74.0 Å². The predicted octanol–water partition coefficient (Wildman–Crippen LogP) is 7.72. The Morgan fingerprint density at radius 1 is 1.20 bits per heavy atom. The average molecular weight is 626 g/mol. The minimum Gasteiger partial charge on any atom is -0.490 e. The van der Waals surface area contributed by atoms with Crippen LogP contribution >= 0.6 is 34.5 Å². The van der Waals surface area contributed by atoms with Crippen LogP contribution in [0.15, 0.2) is 41.5 Å². The molecule has 0 aliphatic heterocycles. The lowest BCUT2D eigenvalue weighted by Gasteiger charge is -2.21. The van der Waals surface area contributed by atoms with Crippen LogP contribution in [0.3, 0.4) is 0 Å². The minimum absolute atomic E-state index is 0.0287. The van der Waals surface area contributed by atoms with Crippen molar-refractivity contribution in [3.8, 4) is 11.3 Å². The Kier molecular flexibility index (Phi) is 11.3. The Morgan fingerprint density at radius 2 is 1.88 bits per heavy atom. The zero-order valence-corrected chi connectivity index (χ0v) is 25.5. The van der Waals surface area contributed by atoms with E-state index in [0.717, 1.165) is 17.4 Å². The van der Waals surface area contributed by atoms with Crippen molar-refractivity contribution in [1.29, 1.82) is 0 Å². The summed E-state index contributed by atoms with van der Waals surface area (Å²) in [4.78, 5) is 28.5. The van der Waals surface area contributed by atoms with Crippen molar-refractivity contribution in [2.24, 2.45) is 5.41 Å². The number of halogens is 3. The van der Waals surface area contributed by atoms with Crippen molar-refractivity contribution in [2.45, 2.75) is 33.3 Å². The van der Waals surface area contributed by atoms with Crippen LogP contribution in [0.1, 0.15) is 54.8 Å². The van der Waals surface area contributed by atoms with Crippen LogP contribution in [0, 0.1) is 11.2 Å². The van der Waals surface area contributed by atoms with Gasteiger partial charge >= 0.3 is 5.97 Å². The molecule has 0 fully saturated rings. The molecule has 0 radical (unpaired) electrons. The average Bonchev–Trinajstić information content (AvgIpc) is 3.36. The Bertz CT molecular complexity index is 1410. The molecule has 0 saturated carbocycles. The number of carboxylic acid groups (broad SMARTS) is 1. The lowest BCUT2D eigenvalue weighted by atomic mass is 9.98. The highest BCUT2D eigenvalue weighted by Crippen LogP contribution is 2.34. The van der Waals surface area contributed by atoms with Crippen molar-refractivity contribution in [1.82, 2.24) is 4.98 Å². The molecule has 1 unspecified atom stereocenters. The molecule has 3 aromatic rings. The maximum Gasteiger partial charge on any atom is 0.371 e. The lowest BCUT2D eigenvalue weighted by molar-refractivity contribution is -0.135. The number of hydrogen-bond donors (Lipinski definition) is 2. The molecule has 0 aliphatic rings. The van der Waals surface area contributed by atoms with Crippen LogP contribution in [0.25, 0.3) is 17.3 Å². The summed E-state index contributed by atoms with van der Waals surface area (Å²) in [6, 6.07) is 7.70. The maximum atomic E-state index is 15.6. The van der Waals surface area contributed by atoms with Crippen molar-refractivity contribution in [3.63, 3.8) is 0 Å². The number of nitrogens with one attached hydrogen (secondary N) is 1. The number of carboxylic acids is 1. The number of amides is 1. The van der Waals surface area contributed by atoms with E-state index in [4.69, 9.17) is 42.5 Å². The minimum atomic E-state index is -1.30. The van der Waals surface area contributed by atoms with Gasteiger partial charge in [0.15, 0.2) is 5.13 Å². The highest BCUT2D eigenvalue weighted by Gasteiger charge is 2.21. The fraction of sp³-hybridized carbons (Fsp3) is 0.345. The predicted molar refractivity (Wildman–Crippen MR) is 159 cm³/mol. The highest BCUT2D eigenvalue weighted by molar-refractivity contribution is 7.14. The molecular weight excluding hydrogens is 594 g/mol. The molecular formula is C29H31Cl2FN2O6S. The van der Waals surface area contributed by atoms with Gasteiger partial charge in [0.1, 0.15) is 5.82 Å². The molecule has 0 bridgehead atoms. The SMILES string of the molecule is COC(=Cc1c(Cl)cc(C(=O)Nc2nc(-c3cccc(C(CCOCC(C)(C)C)OC)c3F)cs2)cc1Cl)C(=O)O. The van der Waals surface area contributed by atoms with Gasteiger partial charge in [0.2, 0.25) is 5.76 Å². The monoisotopic (exact) mass is 624 g/mol. The van der Waals surface area contributed by atoms with Crippen LogP contribution in [-0.2, 0) is 19.0 Å². The Balaban J connectivity index is 1.76. The van der Waals surface area contributed by atoms with Crippen LogP contribution < -0.4 is 5.32 Å². The molecule has 1 amide bonds. The number of aliphatic carboxylic acids is 1. The maximum absolute atomic E-state index is 15.6. The summed E-state index contributed by atoms with van der Waals surface area (Å²) >= 11 is 13.7. The first-order valence-electron chi connectivity index (χ1n) is 12.5. The van der Waals surface area contributed by atoms with E-state index >= 15 is 4.39 Å². The van der Waals surface area contributed by atoms with Crippen LogP contribution in [0.4, 0.5) is 9.52 Å².